The average molecular weight is 375 g/mol. The SMILES string of the molecule is C=CCNC(=O)NC(=O)COC(=O)[C@]12CCC(=O)N1c1ccccc1S2. The van der Waals surface area contributed by atoms with Crippen molar-refractivity contribution >= 4 is 41.3 Å². The van der Waals surface area contributed by atoms with Gasteiger partial charge in [-0.3, -0.25) is 19.8 Å². The van der Waals surface area contributed by atoms with Crippen molar-refractivity contribution in [2.24, 2.45) is 0 Å². The van der Waals surface area contributed by atoms with E-state index < -0.39 is 29.4 Å². The first kappa shape index (κ1) is 18.0. The number of carbonyl (C=O) groups is 4. The molecule has 1 aromatic rings. The number of hydrogen-bond donors (Lipinski definition) is 2. The van der Waals surface area contributed by atoms with E-state index in [-0.39, 0.29) is 18.9 Å². The first-order valence-corrected chi connectivity index (χ1v) is 8.76. The molecule has 2 heterocycles. The minimum Gasteiger partial charge on any atom is -0.453 e. The molecule has 0 bridgehead atoms. The zero-order chi connectivity index (χ0) is 18.7. The third-order valence-corrected chi connectivity index (χ3v) is 5.44. The molecule has 1 aromatic carbocycles. The lowest BCUT2D eigenvalue weighted by molar-refractivity contribution is -0.150. The molecule has 0 spiro atoms. The Hall–Kier alpha value is -2.81. The summed E-state index contributed by atoms with van der Waals surface area (Å²) in [6.45, 7) is 3.03. The Labute approximate surface area is 153 Å². The van der Waals surface area contributed by atoms with Gasteiger partial charge >= 0.3 is 12.0 Å². The molecule has 1 fully saturated rings. The highest BCUT2D eigenvalue weighted by Crippen LogP contribution is 2.56. The van der Waals surface area contributed by atoms with E-state index in [1.54, 1.807) is 12.1 Å². The van der Waals surface area contributed by atoms with E-state index in [9.17, 15) is 19.2 Å². The average Bonchev–Trinajstić information content (AvgIpc) is 3.14. The van der Waals surface area contributed by atoms with Crippen molar-refractivity contribution in [1.82, 2.24) is 10.6 Å². The molecule has 0 saturated carbocycles. The van der Waals surface area contributed by atoms with Gasteiger partial charge in [0.05, 0.1) is 5.69 Å². The summed E-state index contributed by atoms with van der Waals surface area (Å²) in [6.07, 6.45) is 1.99. The third-order valence-electron chi connectivity index (χ3n) is 3.99. The molecule has 0 radical (unpaired) electrons. The topological polar surface area (TPSA) is 105 Å². The lowest BCUT2D eigenvalue weighted by Crippen LogP contribution is -2.49. The van der Waals surface area contributed by atoms with Gasteiger partial charge in [0.15, 0.2) is 11.5 Å². The second-order valence-corrected chi connectivity index (χ2v) is 7.03. The quantitative estimate of drug-likeness (QED) is 0.591. The molecular weight excluding hydrogens is 358 g/mol. The van der Waals surface area contributed by atoms with Crippen LogP contribution in [-0.4, -0.2) is 41.8 Å². The summed E-state index contributed by atoms with van der Waals surface area (Å²) >= 11 is 1.25. The van der Waals surface area contributed by atoms with Crippen LogP contribution in [0.15, 0.2) is 41.8 Å². The Kier molecular flexibility index (Phi) is 4.99. The normalized spacial score (nSPS) is 20.2. The molecule has 26 heavy (non-hydrogen) atoms. The zero-order valence-corrected chi connectivity index (χ0v) is 14.6. The van der Waals surface area contributed by atoms with Gasteiger partial charge < -0.3 is 10.1 Å². The van der Waals surface area contributed by atoms with E-state index in [0.717, 1.165) is 4.90 Å². The van der Waals surface area contributed by atoms with E-state index >= 15 is 0 Å². The Morgan fingerprint density at radius 1 is 1.35 bits per heavy atom. The lowest BCUT2D eigenvalue weighted by atomic mass is 10.2. The number of amides is 4. The van der Waals surface area contributed by atoms with Crippen LogP contribution in [0.1, 0.15) is 12.8 Å². The van der Waals surface area contributed by atoms with Crippen LogP contribution in [-0.2, 0) is 19.1 Å². The Morgan fingerprint density at radius 2 is 2.12 bits per heavy atom. The highest BCUT2D eigenvalue weighted by atomic mass is 32.2. The van der Waals surface area contributed by atoms with Gasteiger partial charge in [-0.25, -0.2) is 9.59 Å². The second-order valence-electron chi connectivity index (χ2n) is 5.71. The molecule has 2 aliphatic rings. The predicted molar refractivity (Wildman–Crippen MR) is 94.4 cm³/mol. The highest BCUT2D eigenvalue weighted by Gasteiger charge is 2.58. The Bertz CT molecular complexity index is 796. The summed E-state index contributed by atoms with van der Waals surface area (Å²) in [7, 11) is 0. The number of ether oxygens (including phenoxy) is 1. The van der Waals surface area contributed by atoms with Crippen LogP contribution in [0.5, 0.6) is 0 Å². The molecule has 0 unspecified atom stereocenters. The Balaban J connectivity index is 1.65. The third kappa shape index (κ3) is 3.17. The number of rotatable bonds is 5. The predicted octanol–water partition coefficient (Wildman–Crippen LogP) is 1.17. The van der Waals surface area contributed by atoms with Crippen molar-refractivity contribution in [2.75, 3.05) is 18.1 Å². The number of hydrogen-bond acceptors (Lipinski definition) is 6. The van der Waals surface area contributed by atoms with Gasteiger partial charge in [0.2, 0.25) is 5.91 Å². The fourth-order valence-corrected chi connectivity index (χ4v) is 4.30. The number of anilines is 1. The summed E-state index contributed by atoms with van der Waals surface area (Å²) < 4.78 is 5.11. The summed E-state index contributed by atoms with van der Waals surface area (Å²) in [6, 6.07) is 6.52. The lowest BCUT2D eigenvalue weighted by Gasteiger charge is -2.28. The van der Waals surface area contributed by atoms with Crippen LogP contribution in [0.4, 0.5) is 10.5 Å². The largest absolute Gasteiger partial charge is 0.453 e. The van der Waals surface area contributed by atoms with Gasteiger partial charge in [-0.15, -0.1) is 6.58 Å². The Morgan fingerprint density at radius 3 is 2.88 bits per heavy atom. The summed E-state index contributed by atoms with van der Waals surface area (Å²) in [5, 5.41) is 4.42. The second kappa shape index (κ2) is 7.20. The zero-order valence-electron chi connectivity index (χ0n) is 13.8. The van der Waals surface area contributed by atoms with Crippen LogP contribution in [0, 0.1) is 0 Å². The van der Waals surface area contributed by atoms with E-state index in [4.69, 9.17) is 4.74 Å². The number of imide groups is 1. The van der Waals surface area contributed by atoms with Crippen molar-refractivity contribution in [1.29, 1.82) is 0 Å². The van der Waals surface area contributed by atoms with E-state index in [1.165, 1.54) is 22.7 Å². The molecule has 1 saturated heterocycles. The van der Waals surface area contributed by atoms with Crippen molar-refractivity contribution < 1.29 is 23.9 Å². The van der Waals surface area contributed by atoms with Crippen LogP contribution >= 0.6 is 11.8 Å². The summed E-state index contributed by atoms with van der Waals surface area (Å²) in [4.78, 5) is 49.2. The number of nitrogens with one attached hydrogen (secondary N) is 2. The molecule has 8 nitrogen and oxygen atoms in total. The molecule has 1 atom stereocenters. The van der Waals surface area contributed by atoms with Gasteiger partial charge in [-0.05, 0) is 12.1 Å². The fourth-order valence-electron chi connectivity index (χ4n) is 2.89. The van der Waals surface area contributed by atoms with Crippen LogP contribution in [0.25, 0.3) is 0 Å². The molecule has 0 aliphatic carbocycles. The summed E-state index contributed by atoms with van der Waals surface area (Å²) in [5.41, 5.74) is 0.671. The maximum absolute atomic E-state index is 12.7. The monoisotopic (exact) mass is 375 g/mol. The molecule has 2 aliphatic heterocycles. The van der Waals surface area contributed by atoms with Crippen LogP contribution in [0.3, 0.4) is 0 Å². The minimum absolute atomic E-state index is 0.160. The number of urea groups is 1. The van der Waals surface area contributed by atoms with Gasteiger partial charge in [-0.2, -0.15) is 0 Å². The van der Waals surface area contributed by atoms with Crippen molar-refractivity contribution in [2.45, 2.75) is 22.6 Å². The number of carbonyl (C=O) groups excluding carboxylic acids is 4. The highest BCUT2D eigenvalue weighted by molar-refractivity contribution is 8.02. The fraction of sp³-hybridized carbons (Fsp3) is 0.294. The van der Waals surface area contributed by atoms with E-state index in [2.05, 4.69) is 11.9 Å². The molecule has 9 heteroatoms. The van der Waals surface area contributed by atoms with Crippen molar-refractivity contribution in [3.05, 3.63) is 36.9 Å². The van der Waals surface area contributed by atoms with Crippen LogP contribution < -0.4 is 15.5 Å². The number of fused-ring (bicyclic) bond motifs is 3. The molecule has 136 valence electrons. The first-order valence-electron chi connectivity index (χ1n) is 7.95. The molecular formula is C17H17N3O5S. The number of esters is 1. The number of para-hydroxylation sites is 1. The first-order chi connectivity index (χ1) is 12.5. The number of nitrogens with zero attached hydrogens (tertiary/aromatic N) is 1. The summed E-state index contributed by atoms with van der Waals surface area (Å²) in [5.74, 6) is -1.59. The minimum atomic E-state index is -1.19. The maximum Gasteiger partial charge on any atom is 0.344 e. The standard InChI is InChI=1S/C17H17N3O5S/c1-2-9-18-16(24)19-13(21)10-25-15(23)17-8-7-14(22)20(17)11-5-3-4-6-12(11)26-17/h2-6H,1,7-10H2,(H2,18,19,21,24)/t17-/m1/s1. The van der Waals surface area contributed by atoms with Crippen molar-refractivity contribution in [3.63, 3.8) is 0 Å². The van der Waals surface area contributed by atoms with Crippen LogP contribution in [0.2, 0.25) is 0 Å². The van der Waals surface area contributed by atoms with Gasteiger partial charge in [0.25, 0.3) is 5.91 Å². The van der Waals surface area contributed by atoms with Gasteiger partial charge in [0.1, 0.15) is 0 Å². The maximum atomic E-state index is 12.7. The number of thioether (sulfide) groups is 1. The van der Waals surface area contributed by atoms with Gasteiger partial charge in [-0.1, -0.05) is 30.0 Å². The molecule has 3 rings (SSSR count). The van der Waals surface area contributed by atoms with Gasteiger partial charge in [0, 0.05) is 24.3 Å². The van der Waals surface area contributed by atoms with E-state index in [1.807, 2.05) is 17.4 Å². The molecule has 2 N–H and O–H groups in total. The molecule has 4 amide bonds. The number of benzene rings is 1. The van der Waals surface area contributed by atoms with E-state index in [0.29, 0.717) is 12.1 Å². The smallest absolute Gasteiger partial charge is 0.344 e. The molecule has 0 aromatic heterocycles. The van der Waals surface area contributed by atoms with Crippen molar-refractivity contribution in [3.8, 4) is 0 Å².